The molecule has 5 heteroatoms. The minimum Gasteiger partial charge on any atom is -0.504 e. The second kappa shape index (κ2) is 5.97. The van der Waals surface area contributed by atoms with Gasteiger partial charge in [-0.2, -0.15) is 0 Å². The molecule has 0 radical (unpaired) electrons. The zero-order valence-electron chi connectivity index (χ0n) is 11.0. The van der Waals surface area contributed by atoms with Crippen molar-refractivity contribution in [2.45, 2.75) is 6.54 Å². The first-order valence-corrected chi connectivity index (χ1v) is 6.03. The summed E-state index contributed by atoms with van der Waals surface area (Å²) in [6, 6.07) is 11.7. The number of rotatable bonds is 5. The molecule has 0 aromatic heterocycles. The van der Waals surface area contributed by atoms with Crippen LogP contribution < -0.4 is 10.1 Å². The largest absolute Gasteiger partial charge is 0.504 e. The lowest BCUT2D eigenvalue weighted by molar-refractivity contribution is 0.0697. The summed E-state index contributed by atoms with van der Waals surface area (Å²) in [5.74, 6) is -0.469. The Morgan fingerprint density at radius 2 is 2.05 bits per heavy atom. The van der Waals surface area contributed by atoms with Crippen molar-refractivity contribution in [2.75, 3.05) is 12.4 Å². The summed E-state index contributed by atoms with van der Waals surface area (Å²) in [6.07, 6.45) is 0. The van der Waals surface area contributed by atoms with Crippen LogP contribution in [0.3, 0.4) is 0 Å². The number of hydrogen-bond acceptors (Lipinski definition) is 4. The quantitative estimate of drug-likeness (QED) is 0.780. The number of methoxy groups -OCH3 is 1. The summed E-state index contributed by atoms with van der Waals surface area (Å²) in [6.45, 7) is 0.473. The van der Waals surface area contributed by atoms with Gasteiger partial charge in [-0.15, -0.1) is 0 Å². The van der Waals surface area contributed by atoms with Gasteiger partial charge < -0.3 is 20.3 Å². The maximum atomic E-state index is 10.9. The lowest BCUT2D eigenvalue weighted by Gasteiger charge is -2.09. The molecule has 0 bridgehead atoms. The van der Waals surface area contributed by atoms with Crippen molar-refractivity contribution in [3.63, 3.8) is 0 Å². The van der Waals surface area contributed by atoms with Crippen molar-refractivity contribution < 1.29 is 19.7 Å². The Bertz CT molecular complexity index is 625. The number of carboxylic acid groups (broad SMARTS) is 1. The van der Waals surface area contributed by atoms with E-state index in [0.717, 1.165) is 5.56 Å². The topological polar surface area (TPSA) is 78.8 Å². The predicted octanol–water partition coefficient (Wildman–Crippen LogP) is 2.71. The molecule has 5 nitrogen and oxygen atoms in total. The van der Waals surface area contributed by atoms with E-state index in [9.17, 15) is 9.90 Å². The molecule has 0 spiro atoms. The standard InChI is InChI=1S/C15H15NO4/c1-20-14-6-5-10(7-13(14)17)9-16-12-4-2-3-11(8-12)15(18)19/h2-8,16-17H,9H2,1H3,(H,18,19). The summed E-state index contributed by atoms with van der Waals surface area (Å²) in [7, 11) is 1.49. The van der Waals surface area contributed by atoms with E-state index in [4.69, 9.17) is 9.84 Å². The molecule has 0 saturated heterocycles. The van der Waals surface area contributed by atoms with Crippen molar-refractivity contribution in [1.29, 1.82) is 0 Å². The number of aromatic hydroxyl groups is 1. The Kier molecular flexibility index (Phi) is 4.10. The van der Waals surface area contributed by atoms with Crippen LogP contribution in [-0.4, -0.2) is 23.3 Å². The SMILES string of the molecule is COc1ccc(CNc2cccc(C(=O)O)c2)cc1O. The molecule has 0 unspecified atom stereocenters. The number of ether oxygens (including phenoxy) is 1. The van der Waals surface area contributed by atoms with Crippen LogP contribution in [0.25, 0.3) is 0 Å². The van der Waals surface area contributed by atoms with Crippen LogP contribution in [0.4, 0.5) is 5.69 Å². The molecule has 0 aliphatic heterocycles. The monoisotopic (exact) mass is 273 g/mol. The average Bonchev–Trinajstić information content (AvgIpc) is 2.45. The van der Waals surface area contributed by atoms with Crippen LogP contribution in [0.15, 0.2) is 42.5 Å². The molecule has 0 heterocycles. The normalized spacial score (nSPS) is 10.1. The molecule has 2 aromatic carbocycles. The van der Waals surface area contributed by atoms with E-state index < -0.39 is 5.97 Å². The van der Waals surface area contributed by atoms with Crippen LogP contribution in [0.5, 0.6) is 11.5 Å². The Labute approximate surface area is 116 Å². The van der Waals surface area contributed by atoms with Gasteiger partial charge in [0.05, 0.1) is 12.7 Å². The van der Waals surface area contributed by atoms with Gasteiger partial charge in [0.1, 0.15) is 0 Å². The number of aromatic carboxylic acids is 1. The molecule has 0 fully saturated rings. The third-order valence-corrected chi connectivity index (χ3v) is 2.85. The second-order valence-electron chi connectivity index (χ2n) is 4.25. The van der Waals surface area contributed by atoms with Crippen LogP contribution in [-0.2, 0) is 6.54 Å². The van der Waals surface area contributed by atoms with Crippen molar-refractivity contribution in [3.05, 3.63) is 53.6 Å². The molecular formula is C15H15NO4. The Morgan fingerprint density at radius 3 is 2.70 bits per heavy atom. The molecule has 0 amide bonds. The van der Waals surface area contributed by atoms with E-state index in [0.29, 0.717) is 18.0 Å². The number of carboxylic acids is 1. The number of phenols is 1. The third-order valence-electron chi connectivity index (χ3n) is 2.85. The highest BCUT2D eigenvalue weighted by atomic mass is 16.5. The lowest BCUT2D eigenvalue weighted by Crippen LogP contribution is -2.02. The van der Waals surface area contributed by atoms with E-state index >= 15 is 0 Å². The van der Waals surface area contributed by atoms with E-state index in [2.05, 4.69) is 5.32 Å². The highest BCUT2D eigenvalue weighted by Gasteiger charge is 2.04. The Hall–Kier alpha value is -2.69. The maximum Gasteiger partial charge on any atom is 0.335 e. The number of benzene rings is 2. The highest BCUT2D eigenvalue weighted by Crippen LogP contribution is 2.26. The minimum absolute atomic E-state index is 0.0751. The van der Waals surface area contributed by atoms with E-state index in [-0.39, 0.29) is 11.3 Å². The van der Waals surface area contributed by atoms with Crippen LogP contribution >= 0.6 is 0 Å². The lowest BCUT2D eigenvalue weighted by atomic mass is 10.1. The molecule has 104 valence electrons. The fourth-order valence-electron chi connectivity index (χ4n) is 1.81. The van der Waals surface area contributed by atoms with Crippen molar-refractivity contribution in [2.24, 2.45) is 0 Å². The molecule has 0 aliphatic rings. The van der Waals surface area contributed by atoms with Gasteiger partial charge in [0.2, 0.25) is 0 Å². The van der Waals surface area contributed by atoms with Crippen LogP contribution in [0, 0.1) is 0 Å². The molecule has 20 heavy (non-hydrogen) atoms. The maximum absolute atomic E-state index is 10.9. The Morgan fingerprint density at radius 1 is 1.25 bits per heavy atom. The Balaban J connectivity index is 2.07. The number of anilines is 1. The van der Waals surface area contributed by atoms with Gasteiger partial charge in [0, 0.05) is 12.2 Å². The van der Waals surface area contributed by atoms with Gasteiger partial charge in [-0.25, -0.2) is 4.79 Å². The molecule has 2 aromatic rings. The van der Waals surface area contributed by atoms with E-state index in [1.165, 1.54) is 13.2 Å². The third kappa shape index (κ3) is 3.20. The van der Waals surface area contributed by atoms with Gasteiger partial charge in [0.15, 0.2) is 11.5 Å². The summed E-state index contributed by atoms with van der Waals surface area (Å²) in [4.78, 5) is 10.9. The van der Waals surface area contributed by atoms with Gasteiger partial charge in [-0.1, -0.05) is 12.1 Å². The smallest absolute Gasteiger partial charge is 0.335 e. The fraction of sp³-hybridized carbons (Fsp3) is 0.133. The molecule has 2 rings (SSSR count). The van der Waals surface area contributed by atoms with Gasteiger partial charge in [-0.05, 0) is 35.9 Å². The first-order valence-electron chi connectivity index (χ1n) is 6.03. The van der Waals surface area contributed by atoms with Gasteiger partial charge >= 0.3 is 5.97 Å². The first-order chi connectivity index (χ1) is 9.60. The molecule has 0 aliphatic carbocycles. The van der Waals surface area contributed by atoms with Crippen molar-refractivity contribution >= 4 is 11.7 Å². The average molecular weight is 273 g/mol. The number of nitrogens with one attached hydrogen (secondary N) is 1. The summed E-state index contributed by atoms with van der Waals surface area (Å²) in [5.41, 5.74) is 1.80. The van der Waals surface area contributed by atoms with Crippen LogP contribution in [0.2, 0.25) is 0 Å². The summed E-state index contributed by atoms with van der Waals surface area (Å²) >= 11 is 0. The van der Waals surface area contributed by atoms with Crippen molar-refractivity contribution in [3.8, 4) is 11.5 Å². The molecule has 0 atom stereocenters. The molecular weight excluding hydrogens is 258 g/mol. The summed E-state index contributed by atoms with van der Waals surface area (Å²) in [5, 5.41) is 21.7. The summed E-state index contributed by atoms with van der Waals surface area (Å²) < 4.78 is 4.97. The van der Waals surface area contributed by atoms with E-state index in [1.807, 2.05) is 6.07 Å². The fourth-order valence-corrected chi connectivity index (χ4v) is 1.81. The molecule has 0 saturated carbocycles. The highest BCUT2D eigenvalue weighted by molar-refractivity contribution is 5.88. The van der Waals surface area contributed by atoms with E-state index in [1.54, 1.807) is 30.3 Å². The zero-order valence-corrected chi connectivity index (χ0v) is 11.0. The number of hydrogen-bond donors (Lipinski definition) is 3. The molecule has 3 N–H and O–H groups in total. The predicted molar refractivity (Wildman–Crippen MR) is 75.4 cm³/mol. The zero-order chi connectivity index (χ0) is 14.5. The van der Waals surface area contributed by atoms with Crippen LogP contribution in [0.1, 0.15) is 15.9 Å². The second-order valence-corrected chi connectivity index (χ2v) is 4.25. The van der Waals surface area contributed by atoms with Crippen molar-refractivity contribution in [1.82, 2.24) is 0 Å². The van der Waals surface area contributed by atoms with Gasteiger partial charge in [-0.3, -0.25) is 0 Å². The van der Waals surface area contributed by atoms with Gasteiger partial charge in [0.25, 0.3) is 0 Å². The minimum atomic E-state index is -0.962. The first kappa shape index (κ1) is 13.7. The number of carbonyl (C=O) groups is 1. The number of phenolic OH excluding ortho intramolecular Hbond substituents is 1.